The van der Waals surface area contributed by atoms with Crippen molar-refractivity contribution in [2.24, 2.45) is 5.92 Å². The van der Waals surface area contributed by atoms with Crippen molar-refractivity contribution in [1.82, 2.24) is 9.55 Å². The topological polar surface area (TPSA) is 61.2 Å². The van der Waals surface area contributed by atoms with Crippen LogP contribution >= 0.6 is 0 Å². The third kappa shape index (κ3) is 4.60. The highest BCUT2D eigenvalue weighted by Crippen LogP contribution is 2.31. The standard InChI is InChI=1S/C24H32N2O3S/c1-6-8-9-19(7-2)30(27,28)20-10-11-22-21(16-20)25-23(24(3,4)5)26(22)17-18-12-14-29-15-13-18/h6-11,16,18H,2,12-15,17H2,1,3-5H3/b8-6-,19-9+. The smallest absolute Gasteiger partial charge is 0.206 e. The number of aromatic nitrogens is 2. The van der Waals surface area contributed by atoms with Gasteiger partial charge in [0.1, 0.15) is 5.82 Å². The van der Waals surface area contributed by atoms with E-state index in [1.54, 1.807) is 30.4 Å². The number of rotatable bonds is 6. The van der Waals surface area contributed by atoms with Crippen LogP contribution in [0.25, 0.3) is 11.0 Å². The Morgan fingerprint density at radius 3 is 2.60 bits per heavy atom. The Balaban J connectivity index is 2.10. The molecule has 1 aromatic carbocycles. The van der Waals surface area contributed by atoms with Gasteiger partial charge in [0.15, 0.2) is 0 Å². The fourth-order valence-corrected chi connectivity index (χ4v) is 5.08. The van der Waals surface area contributed by atoms with Crippen LogP contribution in [0.15, 0.2) is 58.9 Å². The molecule has 0 spiro atoms. The first-order valence-corrected chi connectivity index (χ1v) is 12.0. The van der Waals surface area contributed by atoms with Gasteiger partial charge in [0.2, 0.25) is 9.84 Å². The van der Waals surface area contributed by atoms with Crippen molar-refractivity contribution in [2.45, 2.75) is 57.4 Å². The van der Waals surface area contributed by atoms with E-state index in [1.807, 2.05) is 13.0 Å². The van der Waals surface area contributed by atoms with Crippen molar-refractivity contribution in [3.63, 3.8) is 0 Å². The number of hydrogen-bond acceptors (Lipinski definition) is 4. The zero-order valence-electron chi connectivity index (χ0n) is 18.4. The van der Waals surface area contributed by atoms with E-state index < -0.39 is 9.84 Å². The van der Waals surface area contributed by atoms with E-state index in [1.165, 1.54) is 6.08 Å². The minimum atomic E-state index is -3.66. The van der Waals surface area contributed by atoms with Crippen LogP contribution in [0.3, 0.4) is 0 Å². The van der Waals surface area contributed by atoms with Gasteiger partial charge in [-0.05, 0) is 50.0 Å². The highest BCUT2D eigenvalue weighted by Gasteiger charge is 2.27. The van der Waals surface area contributed by atoms with E-state index in [0.29, 0.717) is 11.4 Å². The molecule has 0 unspecified atom stereocenters. The zero-order valence-corrected chi connectivity index (χ0v) is 19.2. The Kier molecular flexibility index (Phi) is 6.68. The Morgan fingerprint density at radius 1 is 1.30 bits per heavy atom. The van der Waals surface area contributed by atoms with Gasteiger partial charge in [-0.3, -0.25) is 0 Å². The van der Waals surface area contributed by atoms with Gasteiger partial charge in [0.25, 0.3) is 0 Å². The van der Waals surface area contributed by atoms with Gasteiger partial charge in [-0.2, -0.15) is 0 Å². The molecule has 0 N–H and O–H groups in total. The van der Waals surface area contributed by atoms with Crippen molar-refractivity contribution in [2.75, 3.05) is 13.2 Å². The molecular weight excluding hydrogens is 396 g/mol. The summed E-state index contributed by atoms with van der Waals surface area (Å²) >= 11 is 0. The monoisotopic (exact) mass is 428 g/mol. The third-order valence-electron chi connectivity index (χ3n) is 5.45. The van der Waals surface area contributed by atoms with Crippen molar-refractivity contribution in [3.05, 3.63) is 59.8 Å². The van der Waals surface area contributed by atoms with Gasteiger partial charge in [-0.25, -0.2) is 13.4 Å². The minimum absolute atomic E-state index is 0.151. The number of allylic oxidation sites excluding steroid dienone is 4. The molecule has 5 nitrogen and oxygen atoms in total. The van der Waals surface area contributed by atoms with E-state index in [9.17, 15) is 8.42 Å². The molecule has 0 radical (unpaired) electrons. The van der Waals surface area contributed by atoms with Crippen LogP contribution in [0.2, 0.25) is 0 Å². The molecule has 2 heterocycles. The van der Waals surface area contributed by atoms with Crippen molar-refractivity contribution in [1.29, 1.82) is 0 Å². The molecule has 1 aliphatic heterocycles. The molecule has 162 valence electrons. The molecular formula is C24H32N2O3S. The minimum Gasteiger partial charge on any atom is -0.381 e. The second kappa shape index (κ2) is 8.90. The predicted molar refractivity (Wildman–Crippen MR) is 122 cm³/mol. The van der Waals surface area contributed by atoms with Crippen molar-refractivity contribution >= 4 is 20.9 Å². The fourth-order valence-electron chi connectivity index (χ4n) is 3.82. The van der Waals surface area contributed by atoms with Crippen molar-refractivity contribution < 1.29 is 13.2 Å². The Hall–Kier alpha value is -2.18. The molecule has 0 atom stereocenters. The summed E-state index contributed by atoms with van der Waals surface area (Å²) in [5.41, 5.74) is 1.53. The predicted octanol–water partition coefficient (Wildman–Crippen LogP) is 5.18. The summed E-state index contributed by atoms with van der Waals surface area (Å²) in [4.78, 5) is 5.30. The summed E-state index contributed by atoms with van der Waals surface area (Å²) in [6.07, 6.45) is 8.51. The van der Waals surface area contributed by atoms with E-state index in [2.05, 4.69) is 31.9 Å². The first-order valence-electron chi connectivity index (χ1n) is 10.5. The quantitative estimate of drug-likeness (QED) is 0.595. The summed E-state index contributed by atoms with van der Waals surface area (Å²) in [5.74, 6) is 1.52. The number of benzene rings is 1. The second-order valence-corrected chi connectivity index (χ2v) is 10.8. The Labute approximate surface area is 180 Å². The summed E-state index contributed by atoms with van der Waals surface area (Å²) < 4.78 is 34.0. The van der Waals surface area contributed by atoms with E-state index in [4.69, 9.17) is 9.72 Å². The van der Waals surface area contributed by atoms with Crippen LogP contribution in [0.1, 0.15) is 46.4 Å². The van der Waals surface area contributed by atoms with Crippen LogP contribution in [-0.2, 0) is 26.5 Å². The SMILES string of the molecule is C=C/C(=C\C=C/C)S(=O)(=O)c1ccc2c(c1)nc(C(C)(C)C)n2CC1CCOCC1. The summed E-state index contributed by atoms with van der Waals surface area (Å²) in [6, 6.07) is 5.26. The molecule has 1 saturated heterocycles. The summed E-state index contributed by atoms with van der Waals surface area (Å²) in [6.45, 7) is 14.4. The van der Waals surface area contributed by atoms with Gasteiger partial charge < -0.3 is 9.30 Å². The zero-order chi connectivity index (χ0) is 21.9. The first-order chi connectivity index (χ1) is 14.2. The summed E-state index contributed by atoms with van der Waals surface area (Å²) in [5, 5.41) is 0. The lowest BCUT2D eigenvalue weighted by Gasteiger charge is -2.26. The largest absolute Gasteiger partial charge is 0.381 e. The fraction of sp³-hybridized carbons (Fsp3) is 0.458. The molecule has 1 aromatic heterocycles. The van der Waals surface area contributed by atoms with Crippen LogP contribution in [-0.4, -0.2) is 31.2 Å². The molecule has 0 amide bonds. The van der Waals surface area contributed by atoms with Gasteiger partial charge in [-0.1, -0.05) is 45.6 Å². The maximum absolute atomic E-state index is 13.1. The number of ether oxygens (including phenoxy) is 1. The van der Waals surface area contributed by atoms with Gasteiger partial charge in [0.05, 0.1) is 20.8 Å². The Morgan fingerprint density at radius 2 is 2.00 bits per heavy atom. The molecule has 3 rings (SSSR count). The van der Waals surface area contributed by atoms with Crippen LogP contribution in [0.5, 0.6) is 0 Å². The Bertz CT molecular complexity index is 1080. The number of sulfone groups is 1. The molecule has 1 fully saturated rings. The molecule has 1 aliphatic rings. The van der Waals surface area contributed by atoms with E-state index in [-0.39, 0.29) is 15.2 Å². The number of nitrogens with zero attached hydrogens (tertiary/aromatic N) is 2. The number of imidazole rings is 1. The van der Waals surface area contributed by atoms with Crippen LogP contribution in [0.4, 0.5) is 0 Å². The first kappa shape index (κ1) is 22.5. The molecule has 6 heteroatoms. The van der Waals surface area contributed by atoms with Crippen LogP contribution in [0, 0.1) is 5.92 Å². The molecule has 0 aliphatic carbocycles. The second-order valence-electron chi connectivity index (χ2n) is 8.80. The molecule has 0 saturated carbocycles. The maximum Gasteiger partial charge on any atom is 0.206 e. The van der Waals surface area contributed by atoms with Gasteiger partial charge >= 0.3 is 0 Å². The lowest BCUT2D eigenvalue weighted by atomic mass is 9.94. The molecule has 30 heavy (non-hydrogen) atoms. The van der Waals surface area contributed by atoms with Gasteiger partial charge in [-0.15, -0.1) is 0 Å². The normalized spacial score (nSPS) is 17.1. The maximum atomic E-state index is 13.1. The van der Waals surface area contributed by atoms with Crippen molar-refractivity contribution in [3.8, 4) is 0 Å². The number of fused-ring (bicyclic) bond motifs is 1. The highest BCUT2D eigenvalue weighted by atomic mass is 32.2. The average molecular weight is 429 g/mol. The lowest BCUT2D eigenvalue weighted by molar-refractivity contribution is 0.0611. The summed E-state index contributed by atoms with van der Waals surface area (Å²) in [7, 11) is -3.66. The molecule has 0 bridgehead atoms. The van der Waals surface area contributed by atoms with Crippen LogP contribution < -0.4 is 0 Å². The third-order valence-corrected chi connectivity index (χ3v) is 7.24. The van der Waals surface area contributed by atoms with Gasteiger partial charge in [0, 0.05) is 25.2 Å². The highest BCUT2D eigenvalue weighted by molar-refractivity contribution is 7.95. The number of hydrogen-bond donors (Lipinski definition) is 0. The van der Waals surface area contributed by atoms with E-state index in [0.717, 1.165) is 43.9 Å². The van der Waals surface area contributed by atoms with E-state index >= 15 is 0 Å². The molecule has 2 aromatic rings. The lowest BCUT2D eigenvalue weighted by Crippen LogP contribution is -2.25. The average Bonchev–Trinajstić information content (AvgIpc) is 3.07.